The van der Waals surface area contributed by atoms with Crippen molar-refractivity contribution in [2.45, 2.75) is 252 Å². The molecule has 0 atom stereocenters. The minimum absolute atomic E-state index is 0. The summed E-state index contributed by atoms with van der Waals surface area (Å²) >= 11 is 0. The number of Topliss-reactive ketones (excluding diaryl/α,β-unsaturated/α-hetero) is 1. The number of ether oxygens (including phenoxy) is 2. The number of hydrogen-bond acceptors (Lipinski definition) is 18. The minimum atomic E-state index is -0.609. The van der Waals surface area contributed by atoms with E-state index in [1.165, 1.54) is 109 Å². The first-order valence-electron chi connectivity index (χ1n) is 25.7. The van der Waals surface area contributed by atoms with Crippen molar-refractivity contribution in [1.29, 1.82) is 15.8 Å². The molecule has 5 aliphatic carbocycles. The summed E-state index contributed by atoms with van der Waals surface area (Å²) in [5.74, 6) is 16.3. The van der Waals surface area contributed by atoms with Gasteiger partial charge < -0.3 is 15.2 Å². The Balaban J connectivity index is -0.000000255. The van der Waals surface area contributed by atoms with Gasteiger partial charge in [-0.05, 0) is 125 Å². The molecule has 23 heteroatoms. The summed E-state index contributed by atoms with van der Waals surface area (Å²) in [7, 11) is 0. The van der Waals surface area contributed by atoms with Gasteiger partial charge in [-0.2, -0.15) is 35.6 Å². The van der Waals surface area contributed by atoms with Gasteiger partial charge in [0.15, 0.2) is 0 Å². The highest BCUT2D eigenvalue weighted by Gasteiger charge is 2.20. The Kier molecular flexibility index (Phi) is 52.2. The van der Waals surface area contributed by atoms with Crippen molar-refractivity contribution in [3.63, 3.8) is 0 Å². The number of amides is 2. The largest absolute Gasteiger partial charge is 0.443 e. The van der Waals surface area contributed by atoms with Crippen LogP contribution in [0.25, 0.3) is 0 Å². The molecule has 0 saturated heterocycles. The molecular weight excluding hydrogens is 1000 g/mol. The summed E-state index contributed by atoms with van der Waals surface area (Å²) in [6, 6.07) is 7.19. The lowest BCUT2D eigenvalue weighted by molar-refractivity contribution is -0.191. The summed E-state index contributed by atoms with van der Waals surface area (Å²) in [6.45, 7) is 12.7. The number of rotatable bonds is 5. The van der Waals surface area contributed by atoms with Crippen LogP contribution in [0.15, 0.2) is 22.9 Å². The predicted molar refractivity (Wildman–Crippen MR) is 299 cm³/mol. The third kappa shape index (κ3) is 45.9. The first kappa shape index (κ1) is 78.7. The molecule has 75 heavy (non-hydrogen) atoms. The lowest BCUT2D eigenvalue weighted by Crippen LogP contribution is -2.36. The van der Waals surface area contributed by atoms with Crippen LogP contribution in [-0.2, 0) is 23.9 Å². The maximum Gasteiger partial charge on any atom is 0.428 e. The van der Waals surface area contributed by atoms with Gasteiger partial charge >= 0.3 is 18.3 Å². The number of halogens is 2. The van der Waals surface area contributed by atoms with Crippen LogP contribution in [0.4, 0.5) is 15.4 Å². The van der Waals surface area contributed by atoms with Gasteiger partial charge in [0.1, 0.15) is 52.1 Å². The topological polar surface area (TPSA) is 358 Å². The molecule has 0 unspecified atom stereocenters. The van der Waals surface area contributed by atoms with Crippen LogP contribution >= 0.6 is 24.8 Å². The maximum atomic E-state index is 11.3. The van der Waals surface area contributed by atoms with Crippen LogP contribution in [0.1, 0.15) is 234 Å². The standard InChI is InChI=1S/C11H20N2O2.C10H14N4.2C6H14N2.C6H6N2.C6H10O.C5H12N2O2.CO2.CH4.2ClH/c1-11(2,3)15-10(14)13-12-9-7-5-4-6-8-9;11-6-8-7-13-14(10(8)12)9-4-2-1-3-5-9;2*7-8-6-4-2-1-3-5-6;1-2-3-6(4-7)5-8;7-6-4-2-1-3-5-6;1-5(2,3)9-4(8)7-6;2-1-3;;;/h4-8H2,1-3H3,(H,13,14);7,9H,1-5,12H2;2*6,8H,1-5,7H2;3H,2H2,1H3;1-5H2;6H2,1-3H3,(H,7,8);;1H4;2*1H. The number of aromatic nitrogens is 2. The molecule has 1 aromatic heterocycles. The number of carbonyl (C=O) groups is 3. The van der Waals surface area contributed by atoms with Crippen molar-refractivity contribution in [1.82, 2.24) is 31.5 Å². The van der Waals surface area contributed by atoms with Gasteiger partial charge in [-0.3, -0.25) is 32.8 Å². The molecule has 0 aromatic carbocycles. The molecule has 1 heterocycles. The molecule has 6 rings (SSSR count). The van der Waals surface area contributed by atoms with Crippen molar-refractivity contribution in [3.05, 3.63) is 23.4 Å². The SMILES string of the molecule is C.CC(C)(C)OC(=O)NN.CC(C)(C)OC(=O)NN=C1CCCCC1.CCC=C(C#N)C#N.Cl.Cl.N#Cc1cnn(C2CCCCC2)c1N.NNC1CCCCC1.NNC1CCCCC1.O=C1CCCCC1.O=C=O. The van der Waals surface area contributed by atoms with Crippen molar-refractivity contribution < 1.29 is 33.4 Å². The van der Waals surface area contributed by atoms with E-state index in [0.717, 1.165) is 63.5 Å². The third-order valence-electron chi connectivity index (χ3n) is 11.3. The normalized spacial score (nSPS) is 16.0. The van der Waals surface area contributed by atoms with E-state index < -0.39 is 23.4 Å². The van der Waals surface area contributed by atoms with E-state index in [1.807, 2.05) is 43.9 Å². The first-order chi connectivity index (χ1) is 34.3. The van der Waals surface area contributed by atoms with Crippen LogP contribution in [0.2, 0.25) is 0 Å². The average Bonchev–Trinajstić information content (AvgIpc) is 3.76. The van der Waals surface area contributed by atoms with Crippen molar-refractivity contribution >= 4 is 60.5 Å². The summed E-state index contributed by atoms with van der Waals surface area (Å²) in [5, 5.41) is 33.2. The Morgan fingerprint density at radius 2 is 1.09 bits per heavy atom. The van der Waals surface area contributed by atoms with E-state index in [2.05, 4.69) is 26.5 Å². The van der Waals surface area contributed by atoms with Gasteiger partial charge in [-0.15, -0.1) is 24.8 Å². The number of nitriles is 3. The molecule has 2 amide bonds. The number of nitrogens with one attached hydrogen (secondary N) is 4. The zero-order chi connectivity index (χ0) is 54.6. The number of ketones is 1. The molecule has 0 bridgehead atoms. The summed E-state index contributed by atoms with van der Waals surface area (Å²) in [6.07, 6.45) is 33.3. The number of hydrogen-bond donors (Lipinski definition) is 8. The molecule has 0 spiro atoms. The molecule has 0 radical (unpaired) electrons. The number of nitrogen functional groups attached to an aromatic ring is 1. The zero-order valence-electron chi connectivity index (χ0n) is 45.4. The number of hydrazine groups is 3. The second-order valence-corrected chi connectivity index (χ2v) is 19.7. The molecule has 5 fully saturated rings. The van der Waals surface area contributed by atoms with E-state index in [0.29, 0.717) is 35.3 Å². The second-order valence-electron chi connectivity index (χ2n) is 19.7. The van der Waals surface area contributed by atoms with Crippen LogP contribution in [0, 0.1) is 34.0 Å². The molecule has 5 aliphatic rings. The Morgan fingerprint density at radius 3 is 1.37 bits per heavy atom. The molecule has 0 aliphatic heterocycles. The van der Waals surface area contributed by atoms with Gasteiger partial charge in [0.25, 0.3) is 0 Å². The fourth-order valence-corrected chi connectivity index (χ4v) is 7.68. The predicted octanol–water partition coefficient (Wildman–Crippen LogP) is 10.4. The zero-order valence-corrected chi connectivity index (χ0v) is 47.1. The highest BCUT2D eigenvalue weighted by atomic mass is 35.5. The third-order valence-corrected chi connectivity index (χ3v) is 11.3. The van der Waals surface area contributed by atoms with Crippen LogP contribution < -0.4 is 45.0 Å². The van der Waals surface area contributed by atoms with Crippen molar-refractivity contribution in [3.8, 4) is 18.2 Å². The monoisotopic (exact) mass is 1100 g/mol. The van der Waals surface area contributed by atoms with E-state index >= 15 is 0 Å². The number of carbonyl (C=O) groups excluding carboxylic acids is 5. The lowest BCUT2D eigenvalue weighted by atomic mass is 9.96. The summed E-state index contributed by atoms with van der Waals surface area (Å²) in [5.41, 5.74) is 16.6. The van der Waals surface area contributed by atoms with Crippen LogP contribution in [-0.4, -0.2) is 62.9 Å². The smallest absolute Gasteiger partial charge is 0.428 e. The number of nitrogens with two attached hydrogens (primary N) is 4. The van der Waals surface area contributed by atoms with Gasteiger partial charge in [-0.1, -0.05) is 91.1 Å². The maximum absolute atomic E-state index is 11.3. The Labute approximate surface area is 461 Å². The quantitative estimate of drug-likeness (QED) is 0.0588. The van der Waals surface area contributed by atoms with Gasteiger partial charge in [0, 0.05) is 30.6 Å². The highest BCUT2D eigenvalue weighted by Crippen LogP contribution is 2.30. The molecule has 12 N–H and O–H groups in total. The van der Waals surface area contributed by atoms with E-state index in [9.17, 15) is 14.4 Å². The number of hydrazone groups is 1. The van der Waals surface area contributed by atoms with Crippen molar-refractivity contribution in [2.75, 3.05) is 5.73 Å². The van der Waals surface area contributed by atoms with Gasteiger partial charge in [-0.25, -0.2) is 25.5 Å². The van der Waals surface area contributed by atoms with Crippen molar-refractivity contribution in [2.24, 2.45) is 22.6 Å². The lowest BCUT2D eigenvalue weighted by Gasteiger charge is -2.22. The highest BCUT2D eigenvalue weighted by molar-refractivity contribution is 5.86. The Hall–Kier alpha value is -5.14. The minimum Gasteiger partial charge on any atom is -0.443 e. The van der Waals surface area contributed by atoms with Gasteiger partial charge in [0.05, 0.1) is 12.2 Å². The first-order valence-corrected chi connectivity index (χ1v) is 25.7. The average molecular weight is 1100 g/mol. The fraction of sp³-hybridized carbons (Fsp3) is 0.750. The number of allylic oxidation sites excluding steroid dienone is 2. The number of nitrogens with zero attached hydrogens (tertiary/aromatic N) is 6. The van der Waals surface area contributed by atoms with E-state index in [1.54, 1.807) is 45.2 Å². The molecule has 1 aromatic rings. The second kappa shape index (κ2) is 49.7. The molecule has 5 saturated carbocycles. The Morgan fingerprint density at radius 1 is 0.707 bits per heavy atom. The summed E-state index contributed by atoms with van der Waals surface area (Å²) in [4.78, 5) is 48.3. The van der Waals surface area contributed by atoms with Gasteiger partial charge in [0.2, 0.25) is 0 Å². The summed E-state index contributed by atoms with van der Waals surface area (Å²) < 4.78 is 11.6. The molecule has 430 valence electrons. The Bertz CT molecular complexity index is 1810. The fourth-order valence-electron chi connectivity index (χ4n) is 7.68. The molecular formula is C52H96Cl2N14O7. The van der Waals surface area contributed by atoms with E-state index in [-0.39, 0.29) is 44.0 Å². The van der Waals surface area contributed by atoms with Crippen LogP contribution in [0.5, 0.6) is 0 Å². The van der Waals surface area contributed by atoms with Crippen LogP contribution in [0.3, 0.4) is 0 Å². The number of anilines is 1. The van der Waals surface area contributed by atoms with E-state index in [4.69, 9.17) is 58.1 Å². The molecule has 21 nitrogen and oxygen atoms in total.